The summed E-state index contributed by atoms with van der Waals surface area (Å²) in [6, 6.07) is 0. The fourth-order valence-electron chi connectivity index (χ4n) is 4.95. The van der Waals surface area contributed by atoms with Crippen molar-refractivity contribution in [1.29, 1.82) is 0 Å². The topological polar surface area (TPSA) is 40.5 Å². The summed E-state index contributed by atoms with van der Waals surface area (Å²) in [4.78, 5) is 0. The highest BCUT2D eigenvalue weighted by atomic mass is 16.3. The molecule has 4 fully saturated rings. The zero-order valence-corrected chi connectivity index (χ0v) is 9.37. The third-order valence-electron chi connectivity index (χ3n) is 4.57. The van der Waals surface area contributed by atoms with Crippen molar-refractivity contribution in [2.45, 2.75) is 56.7 Å². The molecule has 0 aliphatic heterocycles. The second-order valence-electron chi connectivity index (χ2n) is 6.32. The average Bonchev–Trinajstić information content (AvgIpc) is 1.94. The van der Waals surface area contributed by atoms with Gasteiger partial charge in [-0.15, -0.1) is 0 Å². The Morgan fingerprint density at radius 1 is 1.00 bits per heavy atom. The van der Waals surface area contributed by atoms with Gasteiger partial charge in [0.25, 0.3) is 0 Å². The first kappa shape index (κ1) is 9.86. The van der Waals surface area contributed by atoms with Crippen LogP contribution in [0.2, 0.25) is 0 Å². The van der Waals surface area contributed by atoms with E-state index in [4.69, 9.17) is 0 Å². The van der Waals surface area contributed by atoms with E-state index in [0.29, 0.717) is 12.3 Å². The average molecular weight is 208 g/mol. The Hall–Kier alpha value is -0.340. The van der Waals surface area contributed by atoms with Crippen molar-refractivity contribution in [3.05, 3.63) is 12.2 Å². The molecule has 0 saturated heterocycles. The summed E-state index contributed by atoms with van der Waals surface area (Å²) in [5.41, 5.74) is -1.06. The van der Waals surface area contributed by atoms with Gasteiger partial charge in [-0.2, -0.15) is 0 Å². The van der Waals surface area contributed by atoms with E-state index in [9.17, 15) is 10.2 Å². The van der Waals surface area contributed by atoms with Gasteiger partial charge in [0.15, 0.2) is 0 Å². The summed E-state index contributed by atoms with van der Waals surface area (Å²) < 4.78 is 0. The summed E-state index contributed by atoms with van der Waals surface area (Å²) in [5.74, 6) is 0.535. The first-order chi connectivity index (χ1) is 6.97. The maximum Gasteiger partial charge on any atom is 0.0686 e. The van der Waals surface area contributed by atoms with Crippen LogP contribution in [0.1, 0.15) is 45.4 Å². The van der Waals surface area contributed by atoms with Crippen molar-refractivity contribution in [3.8, 4) is 0 Å². The molecule has 0 aromatic heterocycles. The van der Waals surface area contributed by atoms with Crippen LogP contribution in [0.4, 0.5) is 0 Å². The predicted octanol–water partition coefficient (Wildman–Crippen LogP) is 2.01. The highest BCUT2D eigenvalue weighted by molar-refractivity contribution is 5.19. The lowest BCUT2D eigenvalue weighted by Gasteiger charge is -2.62. The molecule has 4 bridgehead atoms. The Balaban J connectivity index is 2.01. The van der Waals surface area contributed by atoms with Crippen molar-refractivity contribution >= 4 is 0 Å². The van der Waals surface area contributed by atoms with E-state index in [2.05, 4.69) is 12.2 Å². The summed E-state index contributed by atoms with van der Waals surface area (Å²) in [7, 11) is 0. The van der Waals surface area contributed by atoms with Crippen LogP contribution in [-0.4, -0.2) is 21.4 Å². The SMILES string of the molecule is CC=CC12CC3CC(O)(CC(O)(C3)C1)C2. The van der Waals surface area contributed by atoms with E-state index in [-0.39, 0.29) is 5.41 Å². The quantitative estimate of drug-likeness (QED) is 0.647. The molecule has 15 heavy (non-hydrogen) atoms. The fourth-order valence-corrected chi connectivity index (χ4v) is 4.95. The molecule has 0 amide bonds. The van der Waals surface area contributed by atoms with E-state index in [1.807, 2.05) is 6.92 Å². The Morgan fingerprint density at radius 3 is 2.07 bits per heavy atom. The van der Waals surface area contributed by atoms with Crippen LogP contribution in [0.15, 0.2) is 12.2 Å². The second kappa shape index (κ2) is 2.67. The first-order valence-electron chi connectivity index (χ1n) is 6.05. The van der Waals surface area contributed by atoms with Gasteiger partial charge in [-0.3, -0.25) is 0 Å². The number of aliphatic hydroxyl groups is 2. The number of allylic oxidation sites excluding steroid dienone is 2. The molecular formula is C13H20O2. The van der Waals surface area contributed by atoms with Gasteiger partial charge in [-0.1, -0.05) is 12.2 Å². The summed E-state index contributed by atoms with van der Waals surface area (Å²) in [6.07, 6.45) is 9.64. The smallest absolute Gasteiger partial charge is 0.0686 e. The van der Waals surface area contributed by atoms with Crippen LogP contribution in [0.25, 0.3) is 0 Å². The lowest BCUT2D eigenvalue weighted by Crippen LogP contribution is -2.62. The van der Waals surface area contributed by atoms with Crippen LogP contribution in [-0.2, 0) is 0 Å². The maximum atomic E-state index is 10.5. The van der Waals surface area contributed by atoms with Gasteiger partial charge in [0.2, 0.25) is 0 Å². The highest BCUT2D eigenvalue weighted by Gasteiger charge is 2.61. The molecule has 0 heterocycles. The van der Waals surface area contributed by atoms with Gasteiger partial charge < -0.3 is 10.2 Å². The molecule has 2 atom stereocenters. The van der Waals surface area contributed by atoms with Crippen molar-refractivity contribution in [2.75, 3.05) is 0 Å². The normalized spacial score (nSPS) is 57.9. The largest absolute Gasteiger partial charge is 0.390 e. The number of hydrogen-bond donors (Lipinski definition) is 2. The molecule has 0 spiro atoms. The standard InChI is InChI=1S/C13H20O2/c1-2-3-11-4-10-5-12(14,7-11)9-13(15,6-10)8-11/h2-3,10,14-15H,4-9H2,1H3. The molecule has 0 aromatic rings. The Morgan fingerprint density at radius 2 is 1.60 bits per heavy atom. The summed E-state index contributed by atoms with van der Waals surface area (Å²) in [6.45, 7) is 2.03. The molecule has 84 valence electrons. The maximum absolute atomic E-state index is 10.5. The molecule has 0 aromatic carbocycles. The van der Waals surface area contributed by atoms with E-state index in [1.165, 1.54) is 6.42 Å². The summed E-state index contributed by atoms with van der Waals surface area (Å²) in [5, 5.41) is 20.9. The Kier molecular flexibility index (Phi) is 1.75. The minimum atomic E-state index is -0.576. The molecule has 2 nitrogen and oxygen atoms in total. The van der Waals surface area contributed by atoms with Crippen LogP contribution in [0.3, 0.4) is 0 Å². The minimum absolute atomic E-state index is 0.0949. The molecule has 0 radical (unpaired) electrons. The van der Waals surface area contributed by atoms with E-state index >= 15 is 0 Å². The first-order valence-corrected chi connectivity index (χ1v) is 6.05. The zero-order valence-electron chi connectivity index (χ0n) is 9.37. The third kappa shape index (κ3) is 1.38. The van der Waals surface area contributed by atoms with Crippen LogP contribution >= 0.6 is 0 Å². The molecule has 2 N–H and O–H groups in total. The van der Waals surface area contributed by atoms with E-state index in [1.54, 1.807) is 0 Å². The molecule has 4 aliphatic rings. The van der Waals surface area contributed by atoms with Gasteiger partial charge in [-0.25, -0.2) is 0 Å². The fraction of sp³-hybridized carbons (Fsp3) is 0.846. The number of rotatable bonds is 1. The number of hydrogen-bond acceptors (Lipinski definition) is 2. The molecule has 4 saturated carbocycles. The van der Waals surface area contributed by atoms with Gasteiger partial charge in [0.05, 0.1) is 11.2 Å². The monoisotopic (exact) mass is 208 g/mol. The van der Waals surface area contributed by atoms with E-state index < -0.39 is 11.2 Å². The lowest BCUT2D eigenvalue weighted by atomic mass is 9.46. The molecule has 2 unspecified atom stereocenters. The van der Waals surface area contributed by atoms with Crippen molar-refractivity contribution < 1.29 is 10.2 Å². The predicted molar refractivity (Wildman–Crippen MR) is 58.3 cm³/mol. The van der Waals surface area contributed by atoms with Crippen molar-refractivity contribution in [2.24, 2.45) is 11.3 Å². The van der Waals surface area contributed by atoms with Crippen LogP contribution < -0.4 is 0 Å². The van der Waals surface area contributed by atoms with Gasteiger partial charge in [0.1, 0.15) is 0 Å². The third-order valence-corrected chi connectivity index (χ3v) is 4.57. The highest BCUT2D eigenvalue weighted by Crippen LogP contribution is 2.63. The van der Waals surface area contributed by atoms with Crippen molar-refractivity contribution in [1.82, 2.24) is 0 Å². The van der Waals surface area contributed by atoms with Crippen LogP contribution in [0.5, 0.6) is 0 Å². The van der Waals surface area contributed by atoms with Gasteiger partial charge in [0, 0.05) is 6.42 Å². The van der Waals surface area contributed by atoms with Gasteiger partial charge >= 0.3 is 0 Å². The van der Waals surface area contributed by atoms with Crippen molar-refractivity contribution in [3.63, 3.8) is 0 Å². The second-order valence-corrected chi connectivity index (χ2v) is 6.32. The molecule has 4 rings (SSSR count). The Bertz CT molecular complexity index is 302. The minimum Gasteiger partial charge on any atom is -0.390 e. The molecule has 4 aliphatic carbocycles. The van der Waals surface area contributed by atoms with Crippen LogP contribution in [0, 0.1) is 11.3 Å². The summed E-state index contributed by atoms with van der Waals surface area (Å²) >= 11 is 0. The molecular weight excluding hydrogens is 188 g/mol. The van der Waals surface area contributed by atoms with E-state index in [0.717, 1.165) is 25.7 Å². The van der Waals surface area contributed by atoms with Gasteiger partial charge in [-0.05, 0) is 50.4 Å². The molecule has 2 heteroatoms. The Labute approximate surface area is 91.0 Å². The zero-order chi connectivity index (χ0) is 10.7. The lowest BCUT2D eigenvalue weighted by molar-refractivity contribution is -0.217.